The highest BCUT2D eigenvalue weighted by Crippen LogP contribution is 2.10. The van der Waals surface area contributed by atoms with Gasteiger partial charge in [0.1, 0.15) is 0 Å². The highest BCUT2D eigenvalue weighted by Gasteiger charge is 2.03. The van der Waals surface area contributed by atoms with E-state index < -0.39 is 6.10 Å². The largest absolute Gasteiger partial charge is 0.472 e. The first-order valence-corrected chi connectivity index (χ1v) is 2.75. The number of aliphatic hydroxyl groups is 1. The summed E-state index contributed by atoms with van der Waals surface area (Å²) in [6.45, 7) is 0.236. The molecule has 3 N–H and O–H groups in total. The van der Waals surface area contributed by atoms with Crippen molar-refractivity contribution in [3.05, 3.63) is 24.2 Å². The van der Waals surface area contributed by atoms with Crippen molar-refractivity contribution >= 4 is 12.4 Å². The van der Waals surface area contributed by atoms with Gasteiger partial charge in [0.25, 0.3) is 0 Å². The zero-order valence-corrected chi connectivity index (χ0v) is 6.17. The second-order valence-electron chi connectivity index (χ2n) is 1.81. The molecular formula is C6H10ClNO2. The summed E-state index contributed by atoms with van der Waals surface area (Å²) in [5, 5.41) is 9.03. The molecule has 1 rings (SSSR count). The molecule has 0 aromatic carbocycles. The van der Waals surface area contributed by atoms with Crippen molar-refractivity contribution in [1.82, 2.24) is 0 Å². The highest BCUT2D eigenvalue weighted by atomic mass is 35.5. The van der Waals surface area contributed by atoms with Crippen LogP contribution in [-0.4, -0.2) is 11.7 Å². The van der Waals surface area contributed by atoms with E-state index in [-0.39, 0.29) is 19.0 Å². The Morgan fingerprint density at radius 1 is 1.70 bits per heavy atom. The average Bonchev–Trinajstić information content (AvgIpc) is 2.37. The molecule has 1 atom stereocenters. The lowest BCUT2D eigenvalue weighted by atomic mass is 10.2. The molecule has 0 radical (unpaired) electrons. The Labute approximate surface area is 65.2 Å². The zero-order valence-electron chi connectivity index (χ0n) is 5.36. The third-order valence-corrected chi connectivity index (χ3v) is 1.15. The molecule has 0 fully saturated rings. The van der Waals surface area contributed by atoms with E-state index in [2.05, 4.69) is 0 Å². The molecule has 1 heterocycles. The first-order valence-electron chi connectivity index (χ1n) is 2.75. The van der Waals surface area contributed by atoms with Crippen LogP contribution in [0.25, 0.3) is 0 Å². The second kappa shape index (κ2) is 4.33. The van der Waals surface area contributed by atoms with Gasteiger partial charge in [-0.15, -0.1) is 12.4 Å². The van der Waals surface area contributed by atoms with Gasteiger partial charge in [-0.25, -0.2) is 0 Å². The quantitative estimate of drug-likeness (QED) is 0.675. The van der Waals surface area contributed by atoms with E-state index in [1.54, 1.807) is 6.07 Å². The van der Waals surface area contributed by atoms with Gasteiger partial charge in [0.2, 0.25) is 0 Å². The van der Waals surface area contributed by atoms with Gasteiger partial charge in [-0.3, -0.25) is 0 Å². The number of halogens is 1. The summed E-state index contributed by atoms with van der Waals surface area (Å²) in [4.78, 5) is 0. The Balaban J connectivity index is 0.000000810. The number of hydrogen-bond acceptors (Lipinski definition) is 3. The minimum Gasteiger partial charge on any atom is -0.472 e. The van der Waals surface area contributed by atoms with Crippen LogP contribution in [0.2, 0.25) is 0 Å². The minimum absolute atomic E-state index is 0. The van der Waals surface area contributed by atoms with E-state index in [9.17, 15) is 0 Å². The van der Waals surface area contributed by atoms with E-state index in [1.807, 2.05) is 0 Å². The molecule has 0 saturated heterocycles. The topological polar surface area (TPSA) is 59.4 Å². The summed E-state index contributed by atoms with van der Waals surface area (Å²) in [5.41, 5.74) is 5.91. The molecule has 0 bridgehead atoms. The van der Waals surface area contributed by atoms with E-state index >= 15 is 0 Å². The molecule has 1 aromatic rings. The van der Waals surface area contributed by atoms with Crippen molar-refractivity contribution in [3.8, 4) is 0 Å². The minimum atomic E-state index is -0.580. The number of aliphatic hydroxyl groups excluding tert-OH is 1. The Hall–Kier alpha value is -0.510. The first kappa shape index (κ1) is 9.49. The van der Waals surface area contributed by atoms with E-state index in [4.69, 9.17) is 15.3 Å². The fraction of sp³-hybridized carbons (Fsp3) is 0.333. The van der Waals surface area contributed by atoms with Crippen LogP contribution >= 0.6 is 12.4 Å². The van der Waals surface area contributed by atoms with Gasteiger partial charge in [-0.2, -0.15) is 0 Å². The Kier molecular flexibility index (Phi) is 4.11. The van der Waals surface area contributed by atoms with Gasteiger partial charge >= 0.3 is 0 Å². The van der Waals surface area contributed by atoms with Crippen molar-refractivity contribution in [2.45, 2.75) is 6.10 Å². The van der Waals surface area contributed by atoms with E-state index in [0.717, 1.165) is 5.56 Å². The SMILES string of the molecule is Cl.NCC(O)c1ccoc1. The van der Waals surface area contributed by atoms with Crippen molar-refractivity contribution in [2.75, 3.05) is 6.54 Å². The number of nitrogens with two attached hydrogens (primary N) is 1. The van der Waals surface area contributed by atoms with Crippen LogP contribution in [0.5, 0.6) is 0 Å². The van der Waals surface area contributed by atoms with E-state index in [0.29, 0.717) is 0 Å². The Morgan fingerprint density at radius 3 is 2.80 bits per heavy atom. The lowest BCUT2D eigenvalue weighted by Crippen LogP contribution is -2.10. The third-order valence-electron chi connectivity index (χ3n) is 1.15. The van der Waals surface area contributed by atoms with Gasteiger partial charge in [0.05, 0.1) is 18.6 Å². The summed E-state index contributed by atoms with van der Waals surface area (Å²) >= 11 is 0. The lowest BCUT2D eigenvalue weighted by molar-refractivity contribution is 0.186. The second-order valence-corrected chi connectivity index (χ2v) is 1.81. The fourth-order valence-electron chi connectivity index (χ4n) is 0.601. The van der Waals surface area contributed by atoms with Crippen molar-refractivity contribution in [3.63, 3.8) is 0 Å². The summed E-state index contributed by atoms with van der Waals surface area (Å²) in [5.74, 6) is 0. The summed E-state index contributed by atoms with van der Waals surface area (Å²) in [6, 6.07) is 1.69. The normalized spacial score (nSPS) is 12.2. The van der Waals surface area contributed by atoms with Crippen molar-refractivity contribution in [2.24, 2.45) is 5.73 Å². The maximum atomic E-state index is 9.03. The molecule has 10 heavy (non-hydrogen) atoms. The molecule has 0 amide bonds. The fourth-order valence-corrected chi connectivity index (χ4v) is 0.601. The molecule has 0 aliphatic heterocycles. The van der Waals surface area contributed by atoms with Crippen molar-refractivity contribution in [1.29, 1.82) is 0 Å². The molecule has 0 aliphatic rings. The maximum absolute atomic E-state index is 9.03. The standard InChI is InChI=1S/C6H9NO2.ClH/c7-3-6(8)5-1-2-9-4-5;/h1-2,4,6,8H,3,7H2;1H. The smallest absolute Gasteiger partial charge is 0.0961 e. The molecule has 3 nitrogen and oxygen atoms in total. The van der Waals surface area contributed by atoms with Gasteiger partial charge in [0.15, 0.2) is 0 Å². The third kappa shape index (κ3) is 2.02. The van der Waals surface area contributed by atoms with Crippen molar-refractivity contribution < 1.29 is 9.52 Å². The number of rotatable bonds is 2. The summed E-state index contributed by atoms with van der Waals surface area (Å²) in [7, 11) is 0. The monoisotopic (exact) mass is 163 g/mol. The van der Waals surface area contributed by atoms with E-state index in [1.165, 1.54) is 12.5 Å². The van der Waals surface area contributed by atoms with Crippen LogP contribution in [0.1, 0.15) is 11.7 Å². The Bertz CT molecular complexity index is 164. The van der Waals surface area contributed by atoms with Gasteiger partial charge in [-0.05, 0) is 6.07 Å². The van der Waals surface area contributed by atoms with Crippen LogP contribution < -0.4 is 5.73 Å². The maximum Gasteiger partial charge on any atom is 0.0961 e. The molecule has 1 aromatic heterocycles. The molecule has 58 valence electrons. The summed E-state index contributed by atoms with van der Waals surface area (Å²) < 4.78 is 4.72. The molecule has 0 aliphatic carbocycles. The molecule has 0 saturated carbocycles. The molecule has 4 heteroatoms. The summed E-state index contributed by atoms with van der Waals surface area (Å²) in [6.07, 6.45) is 2.41. The van der Waals surface area contributed by atoms with Gasteiger partial charge < -0.3 is 15.3 Å². The van der Waals surface area contributed by atoms with Crippen LogP contribution in [0.4, 0.5) is 0 Å². The average molecular weight is 164 g/mol. The molecular weight excluding hydrogens is 154 g/mol. The van der Waals surface area contributed by atoms with Gasteiger partial charge in [-0.1, -0.05) is 0 Å². The predicted molar refractivity (Wildman–Crippen MR) is 40.0 cm³/mol. The Morgan fingerprint density at radius 2 is 2.40 bits per heavy atom. The first-order chi connectivity index (χ1) is 4.34. The molecule has 1 unspecified atom stereocenters. The van der Waals surface area contributed by atoms with Crippen LogP contribution in [0.15, 0.2) is 23.0 Å². The van der Waals surface area contributed by atoms with Gasteiger partial charge in [0, 0.05) is 12.1 Å². The highest BCUT2D eigenvalue weighted by molar-refractivity contribution is 5.85. The van der Waals surface area contributed by atoms with Crippen LogP contribution in [-0.2, 0) is 0 Å². The predicted octanol–water partition coefficient (Wildman–Crippen LogP) is 0.694. The molecule has 0 spiro atoms. The number of furan rings is 1. The number of hydrogen-bond donors (Lipinski definition) is 2. The lowest BCUT2D eigenvalue weighted by Gasteiger charge is -2.00. The van der Waals surface area contributed by atoms with Crippen LogP contribution in [0, 0.1) is 0 Å². The van der Waals surface area contributed by atoms with Crippen LogP contribution in [0.3, 0.4) is 0 Å². The zero-order chi connectivity index (χ0) is 6.69.